The molecule has 1 aliphatic heterocycles. The zero-order valence-electron chi connectivity index (χ0n) is 9.54. The first-order valence-electron chi connectivity index (χ1n) is 5.67. The number of hydrogen-bond donors (Lipinski definition) is 1. The maximum absolute atomic E-state index is 10.6. The molecular formula is C11H11N5O2. The lowest BCUT2D eigenvalue weighted by Gasteiger charge is -2.16. The molecule has 0 fully saturated rings. The van der Waals surface area contributed by atoms with Crippen LogP contribution in [0.1, 0.15) is 6.42 Å². The zero-order chi connectivity index (χ0) is 12.5. The number of nitrogens with zero attached hydrogens (tertiary/aromatic N) is 4. The molecule has 7 heteroatoms. The van der Waals surface area contributed by atoms with Gasteiger partial charge in [-0.1, -0.05) is 0 Å². The van der Waals surface area contributed by atoms with Crippen molar-refractivity contribution in [3.8, 4) is 11.4 Å². The van der Waals surface area contributed by atoms with Gasteiger partial charge in [0.25, 0.3) is 5.69 Å². The van der Waals surface area contributed by atoms with Gasteiger partial charge >= 0.3 is 0 Å². The number of fused-ring (bicyclic) bond motifs is 1. The second-order valence-corrected chi connectivity index (χ2v) is 4.08. The summed E-state index contributed by atoms with van der Waals surface area (Å²) >= 11 is 0. The molecule has 92 valence electrons. The third-order valence-corrected chi connectivity index (χ3v) is 2.93. The summed E-state index contributed by atoms with van der Waals surface area (Å²) in [6.45, 7) is 1.76. The molecule has 2 heterocycles. The van der Waals surface area contributed by atoms with Gasteiger partial charge in [-0.2, -0.15) is 0 Å². The predicted octanol–water partition coefficient (Wildman–Crippen LogP) is 1.67. The molecule has 3 rings (SSSR count). The summed E-state index contributed by atoms with van der Waals surface area (Å²) < 4.78 is 1.99. The lowest BCUT2D eigenvalue weighted by atomic mass is 10.2. The van der Waals surface area contributed by atoms with Gasteiger partial charge in [0, 0.05) is 30.8 Å². The molecule has 0 saturated heterocycles. The molecule has 1 N–H and O–H groups in total. The summed E-state index contributed by atoms with van der Waals surface area (Å²) in [5, 5.41) is 21.9. The summed E-state index contributed by atoms with van der Waals surface area (Å²) in [7, 11) is 0. The molecule has 18 heavy (non-hydrogen) atoms. The first kappa shape index (κ1) is 10.7. The van der Waals surface area contributed by atoms with Crippen LogP contribution in [0.15, 0.2) is 24.3 Å². The summed E-state index contributed by atoms with van der Waals surface area (Å²) in [4.78, 5) is 10.2. The van der Waals surface area contributed by atoms with Crippen molar-refractivity contribution in [2.45, 2.75) is 13.0 Å². The fraction of sp³-hybridized carbons (Fsp3) is 0.273. The van der Waals surface area contributed by atoms with E-state index in [1.807, 2.05) is 4.57 Å². The SMILES string of the molecule is O=[N+]([O-])c1ccc(-c2nnc3n2CCCN3)cc1. The number of nitro benzene ring substituents is 1. The minimum Gasteiger partial charge on any atom is -0.354 e. The van der Waals surface area contributed by atoms with Crippen LogP contribution >= 0.6 is 0 Å². The molecule has 0 amide bonds. The van der Waals surface area contributed by atoms with Crippen molar-refractivity contribution < 1.29 is 4.92 Å². The van der Waals surface area contributed by atoms with Crippen molar-refractivity contribution in [2.75, 3.05) is 11.9 Å². The van der Waals surface area contributed by atoms with Gasteiger partial charge in [-0.25, -0.2) is 0 Å². The Hall–Kier alpha value is -2.44. The highest BCUT2D eigenvalue weighted by Crippen LogP contribution is 2.24. The van der Waals surface area contributed by atoms with Gasteiger partial charge in [-0.3, -0.25) is 14.7 Å². The minimum absolute atomic E-state index is 0.0789. The van der Waals surface area contributed by atoms with Gasteiger partial charge in [0.15, 0.2) is 5.82 Å². The van der Waals surface area contributed by atoms with E-state index in [4.69, 9.17) is 0 Å². The molecule has 0 spiro atoms. The number of nitrogens with one attached hydrogen (secondary N) is 1. The van der Waals surface area contributed by atoms with Gasteiger partial charge in [-0.15, -0.1) is 10.2 Å². The second kappa shape index (κ2) is 4.10. The number of anilines is 1. The van der Waals surface area contributed by atoms with E-state index in [0.717, 1.165) is 36.8 Å². The van der Waals surface area contributed by atoms with Gasteiger partial charge in [0.1, 0.15) is 0 Å². The topological polar surface area (TPSA) is 85.9 Å². The Morgan fingerprint density at radius 2 is 2.06 bits per heavy atom. The zero-order valence-corrected chi connectivity index (χ0v) is 9.54. The molecule has 0 aliphatic carbocycles. The van der Waals surface area contributed by atoms with E-state index in [1.54, 1.807) is 12.1 Å². The van der Waals surface area contributed by atoms with Crippen molar-refractivity contribution in [1.82, 2.24) is 14.8 Å². The van der Waals surface area contributed by atoms with Crippen LogP contribution in [0.25, 0.3) is 11.4 Å². The first-order chi connectivity index (χ1) is 8.75. The molecular weight excluding hydrogens is 234 g/mol. The van der Waals surface area contributed by atoms with E-state index in [-0.39, 0.29) is 5.69 Å². The van der Waals surface area contributed by atoms with E-state index >= 15 is 0 Å². The molecule has 2 aromatic rings. The standard InChI is InChI=1S/C11H11N5O2/c17-16(18)9-4-2-8(3-5-9)10-13-14-11-12-6-1-7-15(10)11/h2-5H,1,6-7H2,(H,12,14). The van der Waals surface area contributed by atoms with E-state index in [2.05, 4.69) is 15.5 Å². The highest BCUT2D eigenvalue weighted by atomic mass is 16.6. The van der Waals surface area contributed by atoms with E-state index in [1.165, 1.54) is 12.1 Å². The Kier molecular flexibility index (Phi) is 2.44. The molecule has 1 aromatic heterocycles. The summed E-state index contributed by atoms with van der Waals surface area (Å²) in [6.07, 6.45) is 1.02. The average Bonchev–Trinajstić information content (AvgIpc) is 2.82. The van der Waals surface area contributed by atoms with Crippen LogP contribution in [0.2, 0.25) is 0 Å². The van der Waals surface area contributed by atoms with Crippen LogP contribution in [0.5, 0.6) is 0 Å². The molecule has 1 aliphatic rings. The van der Waals surface area contributed by atoms with Crippen LogP contribution < -0.4 is 5.32 Å². The third-order valence-electron chi connectivity index (χ3n) is 2.93. The Bertz CT molecular complexity index is 590. The summed E-state index contributed by atoms with van der Waals surface area (Å²) in [5.41, 5.74) is 0.915. The van der Waals surface area contributed by atoms with Crippen LogP contribution in [-0.2, 0) is 6.54 Å². The highest BCUT2D eigenvalue weighted by molar-refractivity contribution is 5.59. The van der Waals surface area contributed by atoms with Gasteiger partial charge < -0.3 is 5.32 Å². The maximum atomic E-state index is 10.6. The van der Waals surface area contributed by atoms with Crippen molar-refractivity contribution in [1.29, 1.82) is 0 Å². The largest absolute Gasteiger partial charge is 0.354 e. The molecule has 0 atom stereocenters. The second-order valence-electron chi connectivity index (χ2n) is 4.08. The quantitative estimate of drug-likeness (QED) is 0.642. The molecule has 0 unspecified atom stereocenters. The summed E-state index contributed by atoms with van der Waals surface area (Å²) in [6, 6.07) is 6.36. The normalized spacial score (nSPS) is 13.8. The van der Waals surface area contributed by atoms with Crippen LogP contribution in [0.4, 0.5) is 11.6 Å². The molecule has 0 saturated carbocycles. The van der Waals surface area contributed by atoms with Crippen LogP contribution in [0, 0.1) is 10.1 Å². The fourth-order valence-corrected chi connectivity index (χ4v) is 2.03. The van der Waals surface area contributed by atoms with Crippen LogP contribution in [-0.4, -0.2) is 26.2 Å². The third kappa shape index (κ3) is 1.69. The van der Waals surface area contributed by atoms with Gasteiger partial charge in [0.05, 0.1) is 4.92 Å². The maximum Gasteiger partial charge on any atom is 0.269 e. The number of rotatable bonds is 2. The lowest BCUT2D eigenvalue weighted by Crippen LogP contribution is -2.17. The first-order valence-corrected chi connectivity index (χ1v) is 5.67. The minimum atomic E-state index is -0.412. The van der Waals surface area contributed by atoms with Crippen molar-refractivity contribution in [3.63, 3.8) is 0 Å². The summed E-state index contributed by atoms with van der Waals surface area (Å²) in [5.74, 6) is 1.50. The fourth-order valence-electron chi connectivity index (χ4n) is 2.03. The predicted molar refractivity (Wildman–Crippen MR) is 65.2 cm³/mol. The van der Waals surface area contributed by atoms with E-state index in [0.29, 0.717) is 0 Å². The number of aromatic nitrogens is 3. The van der Waals surface area contributed by atoms with Crippen molar-refractivity contribution >= 4 is 11.6 Å². The Balaban J connectivity index is 1.99. The number of non-ortho nitro benzene ring substituents is 1. The van der Waals surface area contributed by atoms with Crippen molar-refractivity contribution in [2.24, 2.45) is 0 Å². The average molecular weight is 245 g/mol. The Morgan fingerprint density at radius 1 is 1.28 bits per heavy atom. The molecule has 7 nitrogen and oxygen atoms in total. The number of benzene rings is 1. The molecule has 0 bridgehead atoms. The Labute approximate surface area is 103 Å². The monoisotopic (exact) mass is 245 g/mol. The lowest BCUT2D eigenvalue weighted by molar-refractivity contribution is -0.384. The molecule has 1 aromatic carbocycles. The smallest absolute Gasteiger partial charge is 0.269 e. The van der Waals surface area contributed by atoms with Gasteiger partial charge in [-0.05, 0) is 18.6 Å². The number of hydrogen-bond acceptors (Lipinski definition) is 5. The number of nitro groups is 1. The van der Waals surface area contributed by atoms with Crippen LogP contribution in [0.3, 0.4) is 0 Å². The Morgan fingerprint density at radius 3 is 2.78 bits per heavy atom. The highest BCUT2D eigenvalue weighted by Gasteiger charge is 2.17. The van der Waals surface area contributed by atoms with E-state index in [9.17, 15) is 10.1 Å². The van der Waals surface area contributed by atoms with Gasteiger partial charge in [0.2, 0.25) is 5.95 Å². The van der Waals surface area contributed by atoms with Crippen molar-refractivity contribution in [3.05, 3.63) is 34.4 Å². The molecule has 0 radical (unpaired) electrons. The van der Waals surface area contributed by atoms with E-state index < -0.39 is 4.92 Å².